The standard InChI is InChI=1S/C24H20F3N5OS2/c1-15-10-21(24(25,26)27)31-22(19(15)12-28)35-14-17-11-16(8-9-20(17)33-2)13-29-32-23(34)30-18-6-4-3-5-7-18/h3-11,13H,14H2,1-2H3,(H2,30,32,34). The van der Waals surface area contributed by atoms with Gasteiger partial charge in [0.25, 0.3) is 0 Å². The second-order valence-electron chi connectivity index (χ2n) is 7.16. The lowest BCUT2D eigenvalue weighted by molar-refractivity contribution is -0.141. The number of nitrogens with one attached hydrogen (secondary N) is 2. The molecule has 0 amide bonds. The highest BCUT2D eigenvalue weighted by Gasteiger charge is 2.34. The van der Waals surface area contributed by atoms with Crippen molar-refractivity contribution in [3.8, 4) is 11.8 Å². The van der Waals surface area contributed by atoms with Crippen molar-refractivity contribution in [3.63, 3.8) is 0 Å². The van der Waals surface area contributed by atoms with Gasteiger partial charge in [-0.3, -0.25) is 5.43 Å². The molecule has 0 aliphatic heterocycles. The van der Waals surface area contributed by atoms with Gasteiger partial charge in [-0.2, -0.15) is 23.5 Å². The summed E-state index contributed by atoms with van der Waals surface area (Å²) in [4.78, 5) is 3.69. The summed E-state index contributed by atoms with van der Waals surface area (Å²) in [5, 5.41) is 16.9. The summed E-state index contributed by atoms with van der Waals surface area (Å²) in [6.07, 6.45) is -3.05. The Morgan fingerprint density at radius 3 is 2.63 bits per heavy atom. The fourth-order valence-electron chi connectivity index (χ4n) is 3.01. The topological polar surface area (TPSA) is 82.3 Å². The molecule has 35 heavy (non-hydrogen) atoms. The smallest absolute Gasteiger partial charge is 0.433 e. The zero-order valence-corrected chi connectivity index (χ0v) is 20.3. The number of anilines is 1. The molecule has 2 aromatic carbocycles. The van der Waals surface area contributed by atoms with Gasteiger partial charge in [0.15, 0.2) is 5.11 Å². The van der Waals surface area contributed by atoms with Crippen molar-refractivity contribution in [1.29, 1.82) is 5.26 Å². The molecule has 0 fully saturated rings. The number of pyridine rings is 1. The number of nitriles is 1. The third-order valence-corrected chi connectivity index (χ3v) is 5.88. The molecule has 0 spiro atoms. The predicted molar refractivity (Wildman–Crippen MR) is 135 cm³/mol. The highest BCUT2D eigenvalue weighted by Crippen LogP contribution is 2.35. The van der Waals surface area contributed by atoms with Crippen LogP contribution in [0.15, 0.2) is 64.7 Å². The van der Waals surface area contributed by atoms with Crippen LogP contribution in [0.2, 0.25) is 0 Å². The zero-order valence-electron chi connectivity index (χ0n) is 18.7. The van der Waals surface area contributed by atoms with E-state index >= 15 is 0 Å². The van der Waals surface area contributed by atoms with Crippen molar-refractivity contribution >= 4 is 41.0 Å². The van der Waals surface area contributed by atoms with E-state index in [-0.39, 0.29) is 21.9 Å². The van der Waals surface area contributed by atoms with Crippen LogP contribution in [0.25, 0.3) is 0 Å². The van der Waals surface area contributed by atoms with Crippen LogP contribution in [0.4, 0.5) is 18.9 Å². The Morgan fingerprint density at radius 1 is 1.23 bits per heavy atom. The fourth-order valence-corrected chi connectivity index (χ4v) is 4.22. The van der Waals surface area contributed by atoms with Gasteiger partial charge in [0.1, 0.15) is 22.5 Å². The number of para-hydroxylation sites is 1. The van der Waals surface area contributed by atoms with Crippen LogP contribution in [-0.4, -0.2) is 23.4 Å². The first-order valence-corrected chi connectivity index (χ1v) is 11.5. The summed E-state index contributed by atoms with van der Waals surface area (Å²) in [7, 11) is 1.50. The number of aryl methyl sites for hydroxylation is 1. The van der Waals surface area contributed by atoms with Gasteiger partial charge in [0, 0.05) is 17.0 Å². The van der Waals surface area contributed by atoms with Crippen LogP contribution in [0.1, 0.15) is 27.9 Å². The number of methoxy groups -OCH3 is 1. The maximum Gasteiger partial charge on any atom is 0.433 e. The van der Waals surface area contributed by atoms with E-state index in [9.17, 15) is 18.4 Å². The molecular formula is C24H20F3N5OS2. The Morgan fingerprint density at radius 2 is 1.97 bits per heavy atom. The molecule has 0 bridgehead atoms. The normalized spacial score (nSPS) is 11.2. The van der Waals surface area contributed by atoms with Crippen molar-refractivity contribution in [3.05, 3.63) is 82.5 Å². The first-order chi connectivity index (χ1) is 16.7. The minimum atomic E-state index is -4.61. The van der Waals surface area contributed by atoms with E-state index in [1.54, 1.807) is 24.4 Å². The number of hydrazone groups is 1. The highest BCUT2D eigenvalue weighted by atomic mass is 32.2. The van der Waals surface area contributed by atoms with Crippen molar-refractivity contribution in [2.75, 3.05) is 12.4 Å². The lowest BCUT2D eigenvalue weighted by atomic mass is 10.1. The van der Waals surface area contributed by atoms with E-state index in [2.05, 4.69) is 20.8 Å². The average molecular weight is 516 g/mol. The molecule has 0 saturated heterocycles. The van der Waals surface area contributed by atoms with E-state index < -0.39 is 11.9 Å². The van der Waals surface area contributed by atoms with Crippen LogP contribution >= 0.6 is 24.0 Å². The highest BCUT2D eigenvalue weighted by molar-refractivity contribution is 7.98. The van der Waals surface area contributed by atoms with Gasteiger partial charge in [-0.1, -0.05) is 18.2 Å². The first kappa shape index (κ1) is 26.0. The van der Waals surface area contributed by atoms with Gasteiger partial charge in [0.2, 0.25) is 0 Å². The lowest BCUT2D eigenvalue weighted by Gasteiger charge is -2.13. The SMILES string of the molecule is COc1ccc(C=NNC(=S)Nc2ccccc2)cc1CSc1nc(C(F)(F)F)cc(C)c1C#N. The molecule has 0 aliphatic carbocycles. The van der Waals surface area contributed by atoms with Gasteiger partial charge in [-0.15, -0.1) is 11.8 Å². The van der Waals surface area contributed by atoms with E-state index in [0.29, 0.717) is 22.0 Å². The number of rotatable bonds is 7. The fraction of sp³-hybridized carbons (Fsp3) is 0.167. The van der Waals surface area contributed by atoms with Crippen LogP contribution < -0.4 is 15.5 Å². The number of halogens is 3. The van der Waals surface area contributed by atoms with Crippen molar-refractivity contribution in [2.24, 2.45) is 5.10 Å². The van der Waals surface area contributed by atoms with Gasteiger partial charge < -0.3 is 10.1 Å². The summed E-state index contributed by atoms with van der Waals surface area (Å²) in [5.74, 6) is 0.778. The molecule has 0 aliphatic rings. The first-order valence-electron chi connectivity index (χ1n) is 10.1. The number of hydrogen-bond acceptors (Lipinski definition) is 6. The molecular weight excluding hydrogens is 495 g/mol. The van der Waals surface area contributed by atoms with Crippen molar-refractivity contribution in [2.45, 2.75) is 23.9 Å². The third kappa shape index (κ3) is 7.18. The van der Waals surface area contributed by atoms with Gasteiger partial charge in [0.05, 0.1) is 18.9 Å². The molecule has 6 nitrogen and oxygen atoms in total. The number of thiocarbonyl (C=S) groups is 1. The minimum absolute atomic E-state index is 0.0138. The van der Waals surface area contributed by atoms with Crippen LogP contribution in [0, 0.1) is 18.3 Å². The molecule has 0 saturated carbocycles. The monoisotopic (exact) mass is 515 g/mol. The van der Waals surface area contributed by atoms with Gasteiger partial charge in [-0.05, 0) is 66.7 Å². The van der Waals surface area contributed by atoms with E-state index in [1.165, 1.54) is 14.0 Å². The maximum absolute atomic E-state index is 13.2. The number of thioether (sulfide) groups is 1. The van der Waals surface area contributed by atoms with Crippen LogP contribution in [0.3, 0.4) is 0 Å². The zero-order chi connectivity index (χ0) is 25.4. The number of ether oxygens (including phenoxy) is 1. The number of alkyl halides is 3. The summed E-state index contributed by atoms with van der Waals surface area (Å²) >= 11 is 6.24. The number of aromatic nitrogens is 1. The van der Waals surface area contributed by atoms with E-state index in [0.717, 1.165) is 23.5 Å². The van der Waals surface area contributed by atoms with Crippen molar-refractivity contribution < 1.29 is 17.9 Å². The quantitative estimate of drug-likeness (QED) is 0.175. The average Bonchev–Trinajstić information content (AvgIpc) is 2.82. The summed E-state index contributed by atoms with van der Waals surface area (Å²) < 4.78 is 45.0. The molecule has 180 valence electrons. The Labute approximate surface area is 210 Å². The molecule has 2 N–H and O–H groups in total. The molecule has 0 atom stereocenters. The van der Waals surface area contributed by atoms with Crippen LogP contribution in [0.5, 0.6) is 5.75 Å². The van der Waals surface area contributed by atoms with Crippen LogP contribution in [-0.2, 0) is 11.9 Å². The lowest BCUT2D eigenvalue weighted by Crippen LogP contribution is -2.23. The molecule has 0 radical (unpaired) electrons. The van der Waals surface area contributed by atoms with E-state index in [1.807, 2.05) is 36.4 Å². The minimum Gasteiger partial charge on any atom is -0.496 e. The van der Waals surface area contributed by atoms with Crippen molar-refractivity contribution in [1.82, 2.24) is 10.4 Å². The Hall–Kier alpha value is -3.62. The summed E-state index contributed by atoms with van der Waals surface area (Å²) in [6, 6.07) is 17.5. The number of nitrogens with zero attached hydrogens (tertiary/aromatic N) is 3. The van der Waals surface area contributed by atoms with E-state index in [4.69, 9.17) is 17.0 Å². The Balaban J connectivity index is 1.74. The maximum atomic E-state index is 13.2. The Kier molecular flexibility index (Phi) is 8.68. The largest absolute Gasteiger partial charge is 0.496 e. The summed E-state index contributed by atoms with van der Waals surface area (Å²) in [5.41, 5.74) is 4.26. The molecule has 0 unspecified atom stereocenters. The molecule has 1 aromatic heterocycles. The number of benzene rings is 2. The number of hydrogen-bond donors (Lipinski definition) is 2. The molecule has 1 heterocycles. The summed E-state index contributed by atoms with van der Waals surface area (Å²) in [6.45, 7) is 1.46. The predicted octanol–water partition coefficient (Wildman–Crippen LogP) is 5.90. The molecule has 3 aromatic rings. The third-order valence-electron chi connectivity index (χ3n) is 4.67. The van der Waals surface area contributed by atoms with Gasteiger partial charge >= 0.3 is 6.18 Å². The van der Waals surface area contributed by atoms with Gasteiger partial charge in [-0.25, -0.2) is 4.98 Å². The molecule has 3 rings (SSSR count). The molecule has 11 heteroatoms. The second kappa shape index (κ2) is 11.7. The Bertz CT molecular complexity index is 1270. The second-order valence-corrected chi connectivity index (χ2v) is 8.54.